The molecule has 234 valence electrons. The number of aryl methyl sites for hydroxylation is 1. The third kappa shape index (κ3) is 5.45. The third-order valence-corrected chi connectivity index (χ3v) is 8.94. The van der Waals surface area contributed by atoms with Crippen molar-refractivity contribution < 1.29 is 28.6 Å². The molecule has 2 aromatic heterocycles. The van der Waals surface area contributed by atoms with Crippen LogP contribution in [-0.4, -0.2) is 35.3 Å². The van der Waals surface area contributed by atoms with Crippen molar-refractivity contribution in [1.82, 2.24) is 4.57 Å². The topological polar surface area (TPSA) is 120 Å². The minimum Gasteiger partial charge on any atom is -0.496 e. The first-order chi connectivity index (χ1) is 22.2. The van der Waals surface area contributed by atoms with Crippen molar-refractivity contribution in [2.75, 3.05) is 13.7 Å². The number of ether oxygens (including phenoxy) is 2. The Morgan fingerprint density at radius 1 is 1.09 bits per heavy atom. The van der Waals surface area contributed by atoms with E-state index in [1.807, 2.05) is 50.2 Å². The van der Waals surface area contributed by atoms with Crippen LogP contribution in [0, 0.1) is 6.92 Å². The fourth-order valence-electron chi connectivity index (χ4n) is 5.91. The van der Waals surface area contributed by atoms with Crippen molar-refractivity contribution in [3.63, 3.8) is 0 Å². The van der Waals surface area contributed by atoms with Crippen LogP contribution in [0.1, 0.15) is 60.0 Å². The van der Waals surface area contributed by atoms with E-state index in [0.29, 0.717) is 49.9 Å². The summed E-state index contributed by atoms with van der Waals surface area (Å²) < 4.78 is 19.5. The first-order valence-corrected chi connectivity index (χ1v) is 15.8. The molecule has 0 aliphatic carbocycles. The summed E-state index contributed by atoms with van der Waals surface area (Å²) in [7, 11) is 1.57. The molecule has 3 heterocycles. The number of carboxylic acids is 1. The normalized spacial score (nSPS) is 14.7. The number of carbonyl (C=O) groups is 2. The van der Waals surface area contributed by atoms with Crippen LogP contribution in [0.15, 0.2) is 92.2 Å². The van der Waals surface area contributed by atoms with Crippen LogP contribution in [0.3, 0.4) is 0 Å². The van der Waals surface area contributed by atoms with E-state index in [2.05, 4.69) is 0 Å². The highest BCUT2D eigenvalue weighted by Crippen LogP contribution is 2.41. The quantitative estimate of drug-likeness (QED) is 0.197. The van der Waals surface area contributed by atoms with E-state index in [1.54, 1.807) is 48.9 Å². The molecule has 0 saturated carbocycles. The molecule has 0 amide bonds. The highest BCUT2D eigenvalue weighted by Gasteiger charge is 2.37. The molecule has 0 unspecified atom stereocenters. The Labute approximate surface area is 268 Å². The average molecular weight is 637 g/mol. The molecule has 0 bridgehead atoms. The Kier molecular flexibility index (Phi) is 8.46. The van der Waals surface area contributed by atoms with E-state index < -0.39 is 18.0 Å². The van der Waals surface area contributed by atoms with Crippen LogP contribution in [0.4, 0.5) is 0 Å². The zero-order valence-corrected chi connectivity index (χ0v) is 26.6. The van der Waals surface area contributed by atoms with Gasteiger partial charge in [0.25, 0.3) is 5.56 Å². The van der Waals surface area contributed by atoms with Gasteiger partial charge in [0.1, 0.15) is 23.3 Å². The van der Waals surface area contributed by atoms with Crippen molar-refractivity contribution in [2.45, 2.75) is 39.7 Å². The second kappa shape index (κ2) is 12.6. The molecule has 1 atom stereocenters. The highest BCUT2D eigenvalue weighted by molar-refractivity contribution is 7.07. The van der Waals surface area contributed by atoms with Gasteiger partial charge >= 0.3 is 11.9 Å². The number of benzene rings is 3. The van der Waals surface area contributed by atoms with Gasteiger partial charge in [0.2, 0.25) is 0 Å². The monoisotopic (exact) mass is 636 g/mol. The zero-order chi connectivity index (χ0) is 32.5. The Morgan fingerprint density at radius 3 is 2.61 bits per heavy atom. The summed E-state index contributed by atoms with van der Waals surface area (Å²) in [6.45, 7) is 5.75. The number of hydrogen-bond acceptors (Lipinski definition) is 8. The number of nitrogens with zero attached hydrogens (tertiary/aromatic N) is 2. The number of rotatable bonds is 9. The van der Waals surface area contributed by atoms with Gasteiger partial charge in [-0.15, -0.1) is 0 Å². The number of fused-ring (bicyclic) bond motifs is 2. The van der Waals surface area contributed by atoms with E-state index in [4.69, 9.17) is 18.9 Å². The van der Waals surface area contributed by atoms with Gasteiger partial charge in [-0.3, -0.25) is 9.36 Å². The smallest absolute Gasteiger partial charge is 0.338 e. The first kappa shape index (κ1) is 30.8. The molecule has 0 fully saturated rings. The number of aromatic nitrogens is 1. The zero-order valence-electron chi connectivity index (χ0n) is 25.8. The summed E-state index contributed by atoms with van der Waals surface area (Å²) in [5.41, 5.74) is 2.93. The van der Waals surface area contributed by atoms with Crippen LogP contribution >= 0.6 is 11.3 Å². The van der Waals surface area contributed by atoms with Gasteiger partial charge in [-0.25, -0.2) is 14.6 Å². The molecule has 0 saturated heterocycles. The van der Waals surface area contributed by atoms with Crippen molar-refractivity contribution in [2.24, 2.45) is 4.99 Å². The number of hydrogen-bond donors (Lipinski definition) is 1. The van der Waals surface area contributed by atoms with E-state index in [9.17, 15) is 19.5 Å². The Hall–Kier alpha value is -5.22. The number of carbonyl (C=O) groups excluding carboxylic acids is 1. The summed E-state index contributed by atoms with van der Waals surface area (Å²) >= 11 is 1.22. The molecule has 46 heavy (non-hydrogen) atoms. The van der Waals surface area contributed by atoms with Crippen LogP contribution in [0.2, 0.25) is 0 Å². The van der Waals surface area contributed by atoms with E-state index >= 15 is 0 Å². The molecule has 0 spiro atoms. The summed E-state index contributed by atoms with van der Waals surface area (Å²) in [4.78, 5) is 44.7. The molecule has 3 aromatic carbocycles. The summed E-state index contributed by atoms with van der Waals surface area (Å²) in [5.74, 6) is 0.000768. The number of thiazole rings is 1. The van der Waals surface area contributed by atoms with Gasteiger partial charge in [-0.1, -0.05) is 61.1 Å². The van der Waals surface area contributed by atoms with E-state index in [0.717, 1.165) is 28.3 Å². The molecule has 1 N–H and O–H groups in total. The molecule has 10 heteroatoms. The standard InChI is InChI=1S/C36H32N2O7S/c1-5-9-26-31(35(42)44-6-2)32(30-25-11-8-7-10-21(25)13-16-28(30)43-4)38-33(39)29(46-36(38)37-26)19-23-14-17-27(45-23)24-15-12-22(34(40)41)18-20(24)3/h7-8,10-19,32H,5-6,9H2,1-4H3,(H,40,41)/b29-19-/t32-/m0/s1. The van der Waals surface area contributed by atoms with Crippen LogP contribution < -0.4 is 19.6 Å². The lowest BCUT2D eigenvalue weighted by Crippen LogP contribution is -2.40. The van der Waals surface area contributed by atoms with Crippen LogP contribution in [-0.2, 0) is 9.53 Å². The molecule has 9 nitrogen and oxygen atoms in total. The van der Waals surface area contributed by atoms with Gasteiger partial charge in [0.05, 0.1) is 35.1 Å². The molecule has 5 aromatic rings. The van der Waals surface area contributed by atoms with Crippen molar-refractivity contribution >= 4 is 40.1 Å². The lowest BCUT2D eigenvalue weighted by Gasteiger charge is -2.28. The molecule has 1 aliphatic heterocycles. The molecule has 0 radical (unpaired) electrons. The largest absolute Gasteiger partial charge is 0.496 e. The van der Waals surface area contributed by atoms with Gasteiger partial charge in [0.15, 0.2) is 4.80 Å². The Balaban J connectivity index is 1.56. The van der Waals surface area contributed by atoms with E-state index in [-0.39, 0.29) is 17.7 Å². The highest BCUT2D eigenvalue weighted by atomic mass is 32.1. The number of allylic oxidation sites excluding steroid dienone is 1. The molecular formula is C36H32N2O7S. The number of esters is 1. The number of aromatic carboxylic acids is 1. The predicted molar refractivity (Wildman–Crippen MR) is 176 cm³/mol. The van der Waals surface area contributed by atoms with Crippen molar-refractivity contribution in [1.29, 1.82) is 0 Å². The molecule has 6 rings (SSSR count). The van der Waals surface area contributed by atoms with Crippen molar-refractivity contribution in [3.8, 4) is 17.1 Å². The van der Waals surface area contributed by atoms with Crippen LogP contribution in [0.25, 0.3) is 28.2 Å². The lowest BCUT2D eigenvalue weighted by atomic mass is 9.90. The summed E-state index contributed by atoms with van der Waals surface area (Å²) in [5, 5.41) is 11.1. The molecular weight excluding hydrogens is 604 g/mol. The fraction of sp³-hybridized carbons (Fsp3) is 0.222. The third-order valence-electron chi connectivity index (χ3n) is 7.96. The summed E-state index contributed by atoms with van der Waals surface area (Å²) in [6, 6.07) is 19.1. The predicted octanol–water partition coefficient (Wildman–Crippen LogP) is 6.01. The minimum absolute atomic E-state index is 0.172. The number of methoxy groups -OCH3 is 1. The maximum atomic E-state index is 14.3. The number of furan rings is 1. The fourth-order valence-corrected chi connectivity index (χ4v) is 6.91. The van der Waals surface area contributed by atoms with Crippen LogP contribution in [0.5, 0.6) is 5.75 Å². The van der Waals surface area contributed by atoms with Gasteiger partial charge in [-0.05, 0) is 66.9 Å². The van der Waals surface area contributed by atoms with Crippen molar-refractivity contribution in [3.05, 3.63) is 120 Å². The Morgan fingerprint density at radius 2 is 1.89 bits per heavy atom. The maximum Gasteiger partial charge on any atom is 0.338 e. The second-order valence-electron chi connectivity index (χ2n) is 10.9. The minimum atomic E-state index is -1.00. The molecule has 1 aliphatic rings. The first-order valence-electron chi connectivity index (χ1n) is 15.0. The van der Waals surface area contributed by atoms with E-state index in [1.165, 1.54) is 17.4 Å². The average Bonchev–Trinajstić information content (AvgIpc) is 3.63. The lowest BCUT2D eigenvalue weighted by molar-refractivity contribution is -0.139. The second-order valence-corrected chi connectivity index (χ2v) is 11.9. The van der Waals surface area contributed by atoms with Gasteiger partial charge in [0, 0.05) is 17.2 Å². The van der Waals surface area contributed by atoms with Gasteiger partial charge < -0.3 is 19.0 Å². The SMILES string of the molecule is CCCC1=C(C(=O)OCC)[C@H](c2c(OC)ccc3ccccc23)n2c(s/c(=C\c3ccc(-c4ccc(C(=O)O)cc4C)o3)c2=O)=N1. The Bertz CT molecular complexity index is 2220. The maximum absolute atomic E-state index is 14.3. The number of carboxylic acid groups (broad SMARTS) is 1. The van der Waals surface area contributed by atoms with Gasteiger partial charge in [-0.2, -0.15) is 0 Å². The summed E-state index contributed by atoms with van der Waals surface area (Å²) in [6.07, 6.45) is 2.92.